The number of nitrogens with one attached hydrogen (secondary N) is 1. The third-order valence-corrected chi connectivity index (χ3v) is 3.14. The fourth-order valence-electron chi connectivity index (χ4n) is 2.06. The average molecular weight is 289 g/mol. The van der Waals surface area contributed by atoms with E-state index in [2.05, 4.69) is 41.0 Å². The summed E-state index contributed by atoms with van der Waals surface area (Å²) in [6.45, 7) is 8.12. The third kappa shape index (κ3) is 6.34. The average Bonchev–Trinajstić information content (AvgIpc) is 2.49. The maximum atomic E-state index is 5.51. The van der Waals surface area contributed by atoms with Crippen LogP contribution in [0.15, 0.2) is 41.9 Å². The second kappa shape index (κ2) is 9.86. The molecule has 0 spiro atoms. The molecule has 0 bridgehead atoms. The van der Waals surface area contributed by atoms with Crippen LogP contribution in [-0.4, -0.2) is 38.1 Å². The molecule has 0 aliphatic carbocycles. The van der Waals surface area contributed by atoms with Crippen molar-refractivity contribution in [3.8, 4) is 5.75 Å². The van der Waals surface area contributed by atoms with E-state index in [1.54, 1.807) is 0 Å². The van der Waals surface area contributed by atoms with Crippen molar-refractivity contribution < 1.29 is 4.74 Å². The number of nitrogens with zero attached hydrogens (tertiary/aromatic N) is 2. The van der Waals surface area contributed by atoms with Gasteiger partial charge in [0.25, 0.3) is 0 Å². The van der Waals surface area contributed by atoms with E-state index < -0.39 is 0 Å². The van der Waals surface area contributed by atoms with Gasteiger partial charge < -0.3 is 15.0 Å². The van der Waals surface area contributed by atoms with Crippen LogP contribution in [-0.2, 0) is 6.54 Å². The summed E-state index contributed by atoms with van der Waals surface area (Å²) in [7, 11) is 3.86. The van der Waals surface area contributed by atoms with Crippen molar-refractivity contribution in [2.45, 2.75) is 26.3 Å². The van der Waals surface area contributed by atoms with E-state index in [-0.39, 0.29) is 0 Å². The zero-order valence-corrected chi connectivity index (χ0v) is 13.4. The topological polar surface area (TPSA) is 36.9 Å². The van der Waals surface area contributed by atoms with Gasteiger partial charge in [-0.25, -0.2) is 0 Å². The number of allylic oxidation sites excluding steroid dienone is 1. The second-order valence-electron chi connectivity index (χ2n) is 4.83. The first kappa shape index (κ1) is 17.1. The monoisotopic (exact) mass is 289 g/mol. The van der Waals surface area contributed by atoms with Gasteiger partial charge in [-0.1, -0.05) is 18.2 Å². The highest BCUT2D eigenvalue weighted by molar-refractivity contribution is 5.79. The van der Waals surface area contributed by atoms with Crippen LogP contribution in [0.3, 0.4) is 0 Å². The number of rotatable bonds is 8. The summed E-state index contributed by atoms with van der Waals surface area (Å²) in [5.41, 5.74) is 1.18. The van der Waals surface area contributed by atoms with Crippen molar-refractivity contribution in [2.75, 3.05) is 27.2 Å². The zero-order chi connectivity index (χ0) is 15.5. The Hall–Kier alpha value is -1.97. The molecule has 0 aliphatic heterocycles. The fraction of sp³-hybridized carbons (Fsp3) is 0.471. The lowest BCUT2D eigenvalue weighted by molar-refractivity contribution is 0.340. The molecule has 0 radical (unpaired) electrons. The summed E-state index contributed by atoms with van der Waals surface area (Å²) in [6.07, 6.45) is 4.06. The molecule has 21 heavy (non-hydrogen) atoms. The quantitative estimate of drug-likeness (QED) is 0.346. The number of hydrogen-bond acceptors (Lipinski definition) is 2. The summed E-state index contributed by atoms with van der Waals surface area (Å²) in [6, 6.07) is 8.13. The van der Waals surface area contributed by atoms with Gasteiger partial charge in [0.2, 0.25) is 0 Å². The lowest BCUT2D eigenvalue weighted by atomic mass is 10.2. The van der Waals surface area contributed by atoms with Crippen LogP contribution < -0.4 is 10.1 Å². The van der Waals surface area contributed by atoms with Gasteiger partial charge in [0.15, 0.2) is 5.96 Å². The molecule has 116 valence electrons. The molecule has 4 nitrogen and oxygen atoms in total. The number of unbranched alkanes of at least 4 members (excludes halogenated alkanes) is 1. The molecule has 0 fully saturated rings. The highest BCUT2D eigenvalue weighted by Gasteiger charge is 2.05. The molecule has 4 heteroatoms. The van der Waals surface area contributed by atoms with Crippen molar-refractivity contribution in [3.63, 3.8) is 0 Å². The Morgan fingerprint density at radius 2 is 2.29 bits per heavy atom. The van der Waals surface area contributed by atoms with E-state index in [4.69, 9.17) is 4.74 Å². The predicted molar refractivity (Wildman–Crippen MR) is 89.9 cm³/mol. The van der Waals surface area contributed by atoms with E-state index in [0.29, 0.717) is 6.61 Å². The maximum absolute atomic E-state index is 5.51. The third-order valence-electron chi connectivity index (χ3n) is 3.14. The maximum Gasteiger partial charge on any atom is 0.193 e. The lowest BCUT2D eigenvalue weighted by Gasteiger charge is -2.22. The Kier molecular flexibility index (Phi) is 8.02. The molecular formula is C17H27N3O. The second-order valence-corrected chi connectivity index (χ2v) is 4.83. The molecule has 0 aliphatic rings. The lowest BCUT2D eigenvalue weighted by Crippen LogP contribution is -2.38. The summed E-state index contributed by atoms with van der Waals surface area (Å²) < 4.78 is 5.51. The molecule has 0 heterocycles. The molecule has 1 N–H and O–H groups in total. The minimum atomic E-state index is 0.685. The first-order chi connectivity index (χ1) is 10.2. The molecule has 0 unspecified atom stereocenters. The highest BCUT2D eigenvalue weighted by atomic mass is 16.5. The standard InChI is InChI=1S/C17H27N3O/c1-5-7-8-12-20(4)17(18-3)19-14-15-10-9-11-16(13-15)21-6-2/h5,9-11,13H,1,6-8,12,14H2,2-4H3,(H,18,19). The molecule has 1 aromatic rings. The van der Waals surface area contributed by atoms with Gasteiger partial charge in [-0.05, 0) is 37.5 Å². The number of hydrogen-bond donors (Lipinski definition) is 1. The van der Waals surface area contributed by atoms with Crippen LogP contribution in [0.4, 0.5) is 0 Å². The van der Waals surface area contributed by atoms with Gasteiger partial charge in [-0.3, -0.25) is 4.99 Å². The molecule has 0 saturated carbocycles. The van der Waals surface area contributed by atoms with Gasteiger partial charge in [0, 0.05) is 27.2 Å². The van der Waals surface area contributed by atoms with Crippen molar-refractivity contribution in [1.29, 1.82) is 0 Å². The first-order valence-corrected chi connectivity index (χ1v) is 7.45. The zero-order valence-electron chi connectivity index (χ0n) is 13.4. The summed E-state index contributed by atoms with van der Waals surface area (Å²) >= 11 is 0. The Morgan fingerprint density at radius 3 is 2.95 bits per heavy atom. The Bertz CT molecular complexity index is 457. The van der Waals surface area contributed by atoms with Gasteiger partial charge in [0.05, 0.1) is 6.61 Å². The molecule has 0 amide bonds. The fourth-order valence-corrected chi connectivity index (χ4v) is 2.06. The van der Waals surface area contributed by atoms with Crippen LogP contribution >= 0.6 is 0 Å². The number of ether oxygens (including phenoxy) is 1. The normalized spacial score (nSPS) is 11.1. The molecular weight excluding hydrogens is 262 g/mol. The number of guanidine groups is 1. The summed E-state index contributed by atoms with van der Waals surface area (Å²) in [4.78, 5) is 6.45. The van der Waals surface area contributed by atoms with Crippen LogP contribution in [0, 0.1) is 0 Å². The summed E-state index contributed by atoms with van der Waals surface area (Å²) in [5.74, 6) is 1.81. The largest absolute Gasteiger partial charge is 0.494 e. The molecule has 0 saturated heterocycles. The van der Waals surface area contributed by atoms with E-state index in [1.807, 2.05) is 32.2 Å². The Balaban J connectivity index is 2.51. The van der Waals surface area contributed by atoms with Crippen LogP contribution in [0.25, 0.3) is 0 Å². The predicted octanol–water partition coefficient (Wildman–Crippen LogP) is 3.06. The van der Waals surface area contributed by atoms with E-state index in [1.165, 1.54) is 5.56 Å². The first-order valence-electron chi connectivity index (χ1n) is 7.45. The number of aliphatic imine (C=N–C) groups is 1. The van der Waals surface area contributed by atoms with E-state index >= 15 is 0 Å². The molecule has 1 aromatic carbocycles. The van der Waals surface area contributed by atoms with Crippen LogP contribution in [0.2, 0.25) is 0 Å². The summed E-state index contributed by atoms with van der Waals surface area (Å²) in [5, 5.41) is 3.38. The highest BCUT2D eigenvalue weighted by Crippen LogP contribution is 2.13. The van der Waals surface area contributed by atoms with Crippen molar-refractivity contribution >= 4 is 5.96 Å². The van der Waals surface area contributed by atoms with Gasteiger partial charge >= 0.3 is 0 Å². The smallest absolute Gasteiger partial charge is 0.193 e. The van der Waals surface area contributed by atoms with Gasteiger partial charge in [-0.2, -0.15) is 0 Å². The Morgan fingerprint density at radius 1 is 1.48 bits per heavy atom. The molecule has 1 rings (SSSR count). The molecule has 0 atom stereocenters. The minimum absolute atomic E-state index is 0.685. The van der Waals surface area contributed by atoms with Crippen molar-refractivity contribution in [1.82, 2.24) is 10.2 Å². The van der Waals surface area contributed by atoms with Gasteiger partial charge in [0.1, 0.15) is 5.75 Å². The SMILES string of the molecule is C=CCCCN(C)C(=NC)NCc1cccc(OCC)c1. The number of benzene rings is 1. The van der Waals surface area contributed by atoms with Crippen LogP contribution in [0.1, 0.15) is 25.3 Å². The van der Waals surface area contributed by atoms with Crippen molar-refractivity contribution in [3.05, 3.63) is 42.5 Å². The van der Waals surface area contributed by atoms with E-state index in [0.717, 1.165) is 37.6 Å². The molecule has 0 aromatic heterocycles. The van der Waals surface area contributed by atoms with Crippen molar-refractivity contribution in [2.24, 2.45) is 4.99 Å². The van der Waals surface area contributed by atoms with Crippen LogP contribution in [0.5, 0.6) is 5.75 Å². The minimum Gasteiger partial charge on any atom is -0.494 e. The van der Waals surface area contributed by atoms with E-state index in [9.17, 15) is 0 Å². The Labute approximate surface area is 128 Å². The van der Waals surface area contributed by atoms with Gasteiger partial charge in [-0.15, -0.1) is 6.58 Å².